The van der Waals surface area contributed by atoms with Crippen LogP contribution in [0.3, 0.4) is 0 Å². The zero-order chi connectivity index (χ0) is 6.69. The van der Waals surface area contributed by atoms with Crippen molar-refractivity contribution in [1.82, 2.24) is 4.98 Å². The summed E-state index contributed by atoms with van der Waals surface area (Å²) >= 11 is 1.60. The quantitative estimate of drug-likeness (QED) is 0.599. The van der Waals surface area contributed by atoms with Crippen LogP contribution in [0.1, 0.15) is 5.56 Å². The van der Waals surface area contributed by atoms with Crippen LogP contribution in [-0.2, 0) is 0 Å². The van der Waals surface area contributed by atoms with Gasteiger partial charge in [-0.15, -0.1) is 11.8 Å². The first-order valence-corrected chi connectivity index (χ1v) is 3.72. The third-order valence-corrected chi connectivity index (χ3v) is 1.68. The van der Waals surface area contributed by atoms with Crippen LogP contribution in [0.25, 0.3) is 0 Å². The van der Waals surface area contributed by atoms with Gasteiger partial charge in [-0.2, -0.15) is 5.26 Å². The lowest BCUT2D eigenvalue weighted by Crippen LogP contribution is -1.60. The number of rotatable bonds is 1. The molecule has 0 aliphatic carbocycles. The second-order valence-electron chi connectivity index (χ2n) is 1.57. The van der Waals surface area contributed by atoms with E-state index in [4.69, 9.17) is 5.26 Å². The summed E-state index contributed by atoms with van der Waals surface area (Å²) in [6.45, 7) is 0. The molecular formula is C6H6N2S. The molecule has 46 valence electrons. The fraction of sp³-hybridized carbons (Fsp3) is 0.167. The molecule has 0 amide bonds. The molecule has 0 aromatic carbocycles. The number of aromatic amines is 1. The largest absolute Gasteiger partial charge is 0.355 e. The van der Waals surface area contributed by atoms with E-state index in [1.807, 2.05) is 18.4 Å². The van der Waals surface area contributed by atoms with Crippen molar-refractivity contribution in [2.45, 2.75) is 5.03 Å². The number of nitrogens with zero attached hydrogens (tertiary/aromatic N) is 1. The Kier molecular flexibility index (Phi) is 1.81. The van der Waals surface area contributed by atoms with Gasteiger partial charge in [0.05, 0.1) is 10.6 Å². The molecule has 0 spiro atoms. The van der Waals surface area contributed by atoms with Crippen LogP contribution < -0.4 is 0 Å². The maximum Gasteiger partial charge on any atom is 0.101 e. The third kappa shape index (κ3) is 1.27. The Balaban J connectivity index is 2.90. The summed E-state index contributed by atoms with van der Waals surface area (Å²) in [4.78, 5) is 2.95. The number of hydrogen-bond acceptors (Lipinski definition) is 2. The van der Waals surface area contributed by atoms with Gasteiger partial charge >= 0.3 is 0 Å². The van der Waals surface area contributed by atoms with Crippen molar-refractivity contribution in [3.05, 3.63) is 17.8 Å². The zero-order valence-electron chi connectivity index (χ0n) is 5.01. The molecule has 0 saturated carbocycles. The van der Waals surface area contributed by atoms with Crippen molar-refractivity contribution >= 4 is 11.8 Å². The van der Waals surface area contributed by atoms with Crippen LogP contribution >= 0.6 is 11.8 Å². The van der Waals surface area contributed by atoms with Gasteiger partial charge in [-0.1, -0.05) is 0 Å². The predicted molar refractivity (Wildman–Crippen MR) is 37.3 cm³/mol. The smallest absolute Gasteiger partial charge is 0.101 e. The lowest BCUT2D eigenvalue weighted by molar-refractivity contribution is 1.21. The van der Waals surface area contributed by atoms with Crippen molar-refractivity contribution in [3.8, 4) is 6.07 Å². The SMILES string of the molecule is CSc1cc(C#N)c[nH]1. The van der Waals surface area contributed by atoms with Gasteiger partial charge in [-0.25, -0.2) is 0 Å². The molecule has 1 N–H and O–H groups in total. The van der Waals surface area contributed by atoms with Crippen LogP contribution in [-0.4, -0.2) is 11.2 Å². The molecule has 3 heteroatoms. The van der Waals surface area contributed by atoms with E-state index in [1.54, 1.807) is 18.0 Å². The van der Waals surface area contributed by atoms with Crippen molar-refractivity contribution in [3.63, 3.8) is 0 Å². The highest BCUT2D eigenvalue weighted by atomic mass is 32.2. The van der Waals surface area contributed by atoms with Gasteiger partial charge < -0.3 is 4.98 Å². The van der Waals surface area contributed by atoms with E-state index in [9.17, 15) is 0 Å². The minimum absolute atomic E-state index is 0.694. The topological polar surface area (TPSA) is 39.6 Å². The Labute approximate surface area is 57.9 Å². The van der Waals surface area contributed by atoms with Crippen molar-refractivity contribution in [2.24, 2.45) is 0 Å². The summed E-state index contributed by atoms with van der Waals surface area (Å²) < 4.78 is 0. The van der Waals surface area contributed by atoms with E-state index in [-0.39, 0.29) is 0 Å². The second-order valence-corrected chi connectivity index (χ2v) is 2.42. The highest BCUT2D eigenvalue weighted by molar-refractivity contribution is 7.98. The molecule has 0 bridgehead atoms. The summed E-state index contributed by atoms with van der Waals surface area (Å²) in [6, 6.07) is 3.86. The van der Waals surface area contributed by atoms with Crippen LogP contribution in [0.5, 0.6) is 0 Å². The molecule has 1 aromatic rings. The number of hydrogen-bond donors (Lipinski definition) is 1. The summed E-state index contributed by atoms with van der Waals surface area (Å²) in [5.74, 6) is 0. The standard InChI is InChI=1S/C6H6N2S/c1-9-6-2-5(3-7)4-8-6/h2,4,8H,1H3. The number of H-pyrrole nitrogens is 1. The van der Waals surface area contributed by atoms with Crippen molar-refractivity contribution in [2.75, 3.05) is 6.26 Å². The Morgan fingerprint density at radius 3 is 2.89 bits per heavy atom. The Morgan fingerprint density at radius 1 is 1.78 bits per heavy atom. The zero-order valence-corrected chi connectivity index (χ0v) is 5.83. The van der Waals surface area contributed by atoms with Crippen molar-refractivity contribution < 1.29 is 0 Å². The Morgan fingerprint density at radius 2 is 2.56 bits per heavy atom. The van der Waals surface area contributed by atoms with Gasteiger partial charge in [0.25, 0.3) is 0 Å². The molecule has 0 saturated heterocycles. The number of thioether (sulfide) groups is 1. The van der Waals surface area contributed by atoms with Crippen molar-refractivity contribution in [1.29, 1.82) is 5.26 Å². The maximum atomic E-state index is 8.37. The average molecular weight is 138 g/mol. The van der Waals surface area contributed by atoms with E-state index >= 15 is 0 Å². The van der Waals surface area contributed by atoms with E-state index in [2.05, 4.69) is 4.98 Å². The Hall–Kier alpha value is -0.880. The van der Waals surface area contributed by atoms with Crippen LogP contribution in [0, 0.1) is 11.3 Å². The van der Waals surface area contributed by atoms with Gasteiger partial charge in [-0.3, -0.25) is 0 Å². The molecular weight excluding hydrogens is 132 g/mol. The minimum atomic E-state index is 0.694. The van der Waals surface area contributed by atoms with Crippen LogP contribution in [0.4, 0.5) is 0 Å². The fourth-order valence-corrected chi connectivity index (χ4v) is 0.977. The highest BCUT2D eigenvalue weighted by Gasteiger charge is 1.93. The number of nitrogens with one attached hydrogen (secondary N) is 1. The van der Waals surface area contributed by atoms with E-state index < -0.39 is 0 Å². The second kappa shape index (κ2) is 2.60. The van der Waals surface area contributed by atoms with E-state index in [1.165, 1.54) is 0 Å². The average Bonchev–Trinajstić information content (AvgIpc) is 2.34. The maximum absolute atomic E-state index is 8.37. The van der Waals surface area contributed by atoms with Gasteiger partial charge in [0.15, 0.2) is 0 Å². The van der Waals surface area contributed by atoms with Crippen LogP contribution in [0.2, 0.25) is 0 Å². The minimum Gasteiger partial charge on any atom is -0.355 e. The first kappa shape index (κ1) is 6.24. The van der Waals surface area contributed by atoms with Gasteiger partial charge in [0.1, 0.15) is 6.07 Å². The summed E-state index contributed by atoms with van der Waals surface area (Å²) in [5.41, 5.74) is 0.694. The predicted octanol–water partition coefficient (Wildman–Crippen LogP) is 1.61. The highest BCUT2D eigenvalue weighted by Crippen LogP contribution is 2.12. The third-order valence-electron chi connectivity index (χ3n) is 1.01. The first-order valence-electron chi connectivity index (χ1n) is 2.49. The Bertz CT molecular complexity index is 233. The van der Waals surface area contributed by atoms with Crippen LogP contribution in [0.15, 0.2) is 17.3 Å². The number of nitriles is 1. The molecule has 0 aliphatic heterocycles. The molecule has 1 aromatic heterocycles. The summed E-state index contributed by atoms with van der Waals surface area (Å²) in [5, 5.41) is 9.40. The molecule has 2 nitrogen and oxygen atoms in total. The van der Waals surface area contributed by atoms with Gasteiger partial charge in [0.2, 0.25) is 0 Å². The molecule has 0 radical (unpaired) electrons. The fourth-order valence-electron chi connectivity index (χ4n) is 0.556. The molecule has 9 heavy (non-hydrogen) atoms. The first-order chi connectivity index (χ1) is 4.36. The molecule has 1 heterocycles. The lowest BCUT2D eigenvalue weighted by atomic mass is 10.4. The summed E-state index contributed by atoms with van der Waals surface area (Å²) in [6.07, 6.45) is 3.67. The molecule has 0 unspecified atom stereocenters. The van der Waals surface area contributed by atoms with E-state index in [0.29, 0.717) is 5.56 Å². The summed E-state index contributed by atoms with van der Waals surface area (Å²) in [7, 11) is 0. The lowest BCUT2D eigenvalue weighted by Gasteiger charge is -1.81. The number of aromatic nitrogens is 1. The normalized spacial score (nSPS) is 8.89. The molecule has 0 fully saturated rings. The molecule has 0 atom stereocenters. The van der Waals surface area contributed by atoms with Gasteiger partial charge in [0, 0.05) is 6.20 Å². The van der Waals surface area contributed by atoms with E-state index in [0.717, 1.165) is 5.03 Å². The monoisotopic (exact) mass is 138 g/mol. The molecule has 0 aliphatic rings. The van der Waals surface area contributed by atoms with Gasteiger partial charge in [-0.05, 0) is 12.3 Å². The molecule has 1 rings (SSSR count).